The van der Waals surface area contributed by atoms with Crippen LogP contribution in [0.3, 0.4) is 0 Å². The zero-order valence-electron chi connectivity index (χ0n) is 19.3. The molecular formula is C26H26N2O6S. The Hall–Kier alpha value is -3.30. The highest BCUT2D eigenvalue weighted by Gasteiger charge is 2.42. The van der Waals surface area contributed by atoms with Gasteiger partial charge in [0.2, 0.25) is 0 Å². The van der Waals surface area contributed by atoms with Gasteiger partial charge in [-0.2, -0.15) is 0 Å². The lowest BCUT2D eigenvalue weighted by Crippen LogP contribution is -2.36. The van der Waals surface area contributed by atoms with Crippen LogP contribution in [0.5, 0.6) is 0 Å². The molecule has 1 aromatic carbocycles. The molecule has 0 unspecified atom stereocenters. The Morgan fingerprint density at radius 1 is 1.29 bits per heavy atom. The molecule has 0 amide bonds. The molecule has 1 aromatic heterocycles. The summed E-state index contributed by atoms with van der Waals surface area (Å²) >= 11 is 1.62. The molecule has 1 aliphatic carbocycles. The Bertz CT molecular complexity index is 1230. The number of dihydropyridines is 1. The maximum atomic E-state index is 13.6. The molecule has 0 spiro atoms. The molecule has 8 nitrogen and oxygen atoms in total. The largest absolute Gasteiger partial charge is 0.459 e. The third-order valence-electron chi connectivity index (χ3n) is 6.83. The molecular weight excluding hydrogens is 468 g/mol. The maximum absolute atomic E-state index is 13.6. The number of nitro benzene ring substituents is 1. The van der Waals surface area contributed by atoms with Crippen LogP contribution < -0.4 is 5.32 Å². The van der Waals surface area contributed by atoms with Crippen molar-refractivity contribution in [2.75, 3.05) is 13.2 Å². The molecule has 1 saturated heterocycles. The first kappa shape index (κ1) is 23.4. The number of ketones is 1. The Balaban J connectivity index is 1.53. The number of hydrogen-bond donors (Lipinski definition) is 1. The molecule has 1 N–H and O–H groups in total. The summed E-state index contributed by atoms with van der Waals surface area (Å²) in [6.45, 7) is 2.57. The standard InChI is InChI=1S/C26H26N2O6S/c1-15-23(26(30)34-14-19-7-3-9-33-19)24(16-5-2-6-18(11-16)28(31)32)25-20(27-15)12-17(13-21(25)29)22-8-4-10-35-22/h2,4-6,8,10-11,17,19,24,27H,3,7,9,12-14H2,1H3/t17-,19+,24+/m1/s1. The number of nitrogens with zero attached hydrogens (tertiary/aromatic N) is 1. The van der Waals surface area contributed by atoms with Gasteiger partial charge in [-0.15, -0.1) is 11.3 Å². The van der Waals surface area contributed by atoms with Crippen molar-refractivity contribution in [3.63, 3.8) is 0 Å². The summed E-state index contributed by atoms with van der Waals surface area (Å²) in [7, 11) is 0. The van der Waals surface area contributed by atoms with Gasteiger partial charge >= 0.3 is 5.97 Å². The normalized spacial score (nSPS) is 24.3. The summed E-state index contributed by atoms with van der Waals surface area (Å²) in [5.74, 6) is -1.28. The Morgan fingerprint density at radius 2 is 2.14 bits per heavy atom. The number of ether oxygens (including phenoxy) is 2. The number of carbonyl (C=O) groups excluding carboxylic acids is 2. The van der Waals surface area contributed by atoms with E-state index in [0.29, 0.717) is 41.9 Å². The Morgan fingerprint density at radius 3 is 2.86 bits per heavy atom. The molecule has 2 aliphatic heterocycles. The van der Waals surface area contributed by atoms with Gasteiger partial charge in [0, 0.05) is 58.8 Å². The molecule has 5 rings (SSSR count). The lowest BCUT2D eigenvalue weighted by atomic mass is 9.72. The molecule has 0 bridgehead atoms. The molecule has 3 heterocycles. The summed E-state index contributed by atoms with van der Waals surface area (Å²) in [6, 6.07) is 10.2. The number of nitrogens with one attached hydrogen (secondary N) is 1. The van der Waals surface area contributed by atoms with E-state index in [1.54, 1.807) is 30.4 Å². The molecule has 9 heteroatoms. The first-order valence-corrected chi connectivity index (χ1v) is 12.6. The van der Waals surface area contributed by atoms with Crippen molar-refractivity contribution in [3.8, 4) is 0 Å². The lowest BCUT2D eigenvalue weighted by Gasteiger charge is -2.36. The number of benzene rings is 1. The molecule has 0 saturated carbocycles. The van der Waals surface area contributed by atoms with E-state index < -0.39 is 16.8 Å². The van der Waals surface area contributed by atoms with Crippen molar-refractivity contribution in [1.29, 1.82) is 0 Å². The molecule has 3 atom stereocenters. The van der Waals surface area contributed by atoms with Crippen molar-refractivity contribution >= 4 is 28.8 Å². The van der Waals surface area contributed by atoms with Crippen LogP contribution in [0.15, 0.2) is 64.3 Å². The fourth-order valence-electron chi connectivity index (χ4n) is 5.21. The zero-order valence-corrected chi connectivity index (χ0v) is 20.1. The molecule has 1 fully saturated rings. The molecule has 35 heavy (non-hydrogen) atoms. The summed E-state index contributed by atoms with van der Waals surface area (Å²) in [5, 5.41) is 16.8. The summed E-state index contributed by atoms with van der Waals surface area (Å²) in [6.07, 6.45) is 2.57. The van der Waals surface area contributed by atoms with Crippen molar-refractivity contribution in [3.05, 3.63) is 84.9 Å². The third-order valence-corrected chi connectivity index (χ3v) is 7.87. The van der Waals surface area contributed by atoms with E-state index in [-0.39, 0.29) is 30.1 Å². The lowest BCUT2D eigenvalue weighted by molar-refractivity contribution is -0.384. The maximum Gasteiger partial charge on any atom is 0.336 e. The van der Waals surface area contributed by atoms with Gasteiger partial charge < -0.3 is 14.8 Å². The Kier molecular flexibility index (Phi) is 6.53. The van der Waals surface area contributed by atoms with Crippen molar-refractivity contribution in [1.82, 2.24) is 5.32 Å². The summed E-state index contributed by atoms with van der Waals surface area (Å²) in [4.78, 5) is 39.1. The smallest absolute Gasteiger partial charge is 0.336 e. The number of carbonyl (C=O) groups is 2. The number of rotatable bonds is 6. The number of non-ortho nitro benzene ring substituents is 1. The average molecular weight is 495 g/mol. The van der Waals surface area contributed by atoms with Gasteiger partial charge in [-0.1, -0.05) is 18.2 Å². The zero-order chi connectivity index (χ0) is 24.5. The second-order valence-electron chi connectivity index (χ2n) is 9.12. The van der Waals surface area contributed by atoms with Gasteiger partial charge in [0.1, 0.15) is 6.61 Å². The molecule has 182 valence electrons. The summed E-state index contributed by atoms with van der Waals surface area (Å²) in [5.41, 5.74) is 2.60. The van der Waals surface area contributed by atoms with Gasteiger partial charge in [0.05, 0.1) is 16.6 Å². The minimum absolute atomic E-state index is 0.0559. The highest BCUT2D eigenvalue weighted by molar-refractivity contribution is 7.10. The van der Waals surface area contributed by atoms with Crippen molar-refractivity contribution in [2.45, 2.75) is 50.5 Å². The Labute approximate surface area is 206 Å². The second kappa shape index (κ2) is 9.75. The van der Waals surface area contributed by atoms with Gasteiger partial charge in [-0.3, -0.25) is 14.9 Å². The van der Waals surface area contributed by atoms with E-state index >= 15 is 0 Å². The van der Waals surface area contributed by atoms with Crippen molar-refractivity contribution < 1.29 is 24.0 Å². The quantitative estimate of drug-likeness (QED) is 0.351. The van der Waals surface area contributed by atoms with Crippen LogP contribution in [0.1, 0.15) is 54.9 Å². The fraction of sp³-hybridized carbons (Fsp3) is 0.385. The molecule has 3 aliphatic rings. The predicted molar refractivity (Wildman–Crippen MR) is 130 cm³/mol. The monoisotopic (exact) mass is 494 g/mol. The van der Waals surface area contributed by atoms with E-state index in [1.165, 1.54) is 12.1 Å². The van der Waals surface area contributed by atoms with Crippen LogP contribution in [0, 0.1) is 10.1 Å². The van der Waals surface area contributed by atoms with Gasteiger partial charge in [-0.05, 0) is 43.2 Å². The number of thiophene rings is 1. The van der Waals surface area contributed by atoms with Gasteiger partial charge in [-0.25, -0.2) is 4.79 Å². The minimum atomic E-state index is -0.736. The predicted octanol–water partition coefficient (Wildman–Crippen LogP) is 4.74. The topological polar surface area (TPSA) is 108 Å². The number of hydrogen-bond acceptors (Lipinski definition) is 8. The van der Waals surface area contributed by atoms with Crippen LogP contribution in [0.2, 0.25) is 0 Å². The first-order chi connectivity index (χ1) is 16.9. The second-order valence-corrected chi connectivity index (χ2v) is 10.1. The van der Waals surface area contributed by atoms with E-state index in [4.69, 9.17) is 9.47 Å². The van der Waals surface area contributed by atoms with Gasteiger partial charge in [0.25, 0.3) is 5.69 Å². The van der Waals surface area contributed by atoms with Crippen molar-refractivity contribution in [2.24, 2.45) is 0 Å². The number of allylic oxidation sites excluding steroid dienone is 3. The highest BCUT2D eigenvalue weighted by atomic mass is 32.1. The summed E-state index contributed by atoms with van der Waals surface area (Å²) < 4.78 is 11.2. The fourth-order valence-corrected chi connectivity index (χ4v) is 6.04. The molecule has 0 radical (unpaired) electrons. The highest BCUT2D eigenvalue weighted by Crippen LogP contribution is 2.46. The third kappa shape index (κ3) is 4.66. The number of esters is 1. The first-order valence-electron chi connectivity index (χ1n) is 11.7. The van der Waals surface area contributed by atoms with Crippen LogP contribution in [0.25, 0.3) is 0 Å². The minimum Gasteiger partial charge on any atom is -0.459 e. The molecule has 2 aromatic rings. The van der Waals surface area contributed by atoms with Crippen LogP contribution in [-0.4, -0.2) is 36.0 Å². The van der Waals surface area contributed by atoms with Gasteiger partial charge in [0.15, 0.2) is 5.78 Å². The number of nitro groups is 1. The van der Waals surface area contributed by atoms with Crippen LogP contribution in [-0.2, 0) is 19.1 Å². The van der Waals surface area contributed by atoms with E-state index in [2.05, 4.69) is 5.32 Å². The van der Waals surface area contributed by atoms with E-state index in [0.717, 1.165) is 23.4 Å². The van der Waals surface area contributed by atoms with Crippen LogP contribution in [0.4, 0.5) is 5.69 Å². The van der Waals surface area contributed by atoms with E-state index in [9.17, 15) is 19.7 Å². The van der Waals surface area contributed by atoms with Crippen LogP contribution >= 0.6 is 11.3 Å². The SMILES string of the molecule is CC1=C(C(=O)OC[C@@H]2CCCO2)[C@H](c2cccc([N+](=O)[O-])c2)C2=C(C[C@@H](c3cccs3)CC2=O)N1. The number of Topliss-reactive ketones (excluding diaryl/α,β-unsaturated/α-hetero) is 1. The average Bonchev–Trinajstić information content (AvgIpc) is 3.56. The van der Waals surface area contributed by atoms with E-state index in [1.807, 2.05) is 17.5 Å².